The van der Waals surface area contributed by atoms with Crippen LogP contribution in [0.3, 0.4) is 0 Å². The Morgan fingerprint density at radius 3 is 2.69 bits per heavy atom. The average Bonchev–Trinajstić information content (AvgIpc) is 3.20. The number of halogens is 1. The summed E-state index contributed by atoms with van der Waals surface area (Å²) in [5.74, 6) is -0.531. The standard InChI is InChI=1S/C18H14ClN3O3S/c19-14-6-2-3-7-16(14)22-10-12(9-20-22)18(23)21-15-11-26(24,25)17-8-4-1-5-13(15)17/h1-10,15H,11H2,(H,21,23). The van der Waals surface area contributed by atoms with E-state index in [9.17, 15) is 13.2 Å². The highest BCUT2D eigenvalue weighted by molar-refractivity contribution is 7.91. The molecule has 1 amide bonds. The van der Waals surface area contributed by atoms with Gasteiger partial charge in [-0.05, 0) is 23.8 Å². The number of fused-ring (bicyclic) bond motifs is 1. The van der Waals surface area contributed by atoms with Crippen LogP contribution in [-0.2, 0) is 9.84 Å². The Kier molecular flexibility index (Phi) is 4.05. The van der Waals surface area contributed by atoms with Crippen molar-refractivity contribution in [3.63, 3.8) is 0 Å². The Bertz CT molecular complexity index is 1110. The van der Waals surface area contributed by atoms with Gasteiger partial charge in [0.2, 0.25) is 0 Å². The minimum absolute atomic E-state index is 0.142. The van der Waals surface area contributed by atoms with Gasteiger partial charge in [0.05, 0.1) is 39.2 Å². The summed E-state index contributed by atoms with van der Waals surface area (Å²) >= 11 is 6.14. The van der Waals surface area contributed by atoms with Crippen LogP contribution in [-0.4, -0.2) is 29.9 Å². The normalized spacial score (nSPS) is 17.7. The van der Waals surface area contributed by atoms with Crippen LogP contribution in [0.4, 0.5) is 0 Å². The molecule has 2 aromatic carbocycles. The summed E-state index contributed by atoms with van der Waals surface area (Å²) in [4.78, 5) is 12.8. The van der Waals surface area contributed by atoms with Gasteiger partial charge in [-0.15, -0.1) is 0 Å². The zero-order valence-electron chi connectivity index (χ0n) is 13.5. The largest absolute Gasteiger partial charge is 0.344 e. The molecule has 4 rings (SSSR count). The quantitative estimate of drug-likeness (QED) is 0.749. The highest BCUT2D eigenvalue weighted by Crippen LogP contribution is 2.33. The lowest BCUT2D eigenvalue weighted by molar-refractivity contribution is 0.0940. The van der Waals surface area contributed by atoms with Crippen molar-refractivity contribution in [1.29, 1.82) is 0 Å². The zero-order chi connectivity index (χ0) is 18.3. The van der Waals surface area contributed by atoms with E-state index < -0.39 is 15.9 Å². The van der Waals surface area contributed by atoms with Crippen LogP contribution in [0, 0.1) is 0 Å². The van der Waals surface area contributed by atoms with Crippen LogP contribution in [0.5, 0.6) is 0 Å². The van der Waals surface area contributed by atoms with Crippen molar-refractivity contribution in [2.24, 2.45) is 0 Å². The summed E-state index contributed by atoms with van der Waals surface area (Å²) in [6.07, 6.45) is 2.99. The van der Waals surface area contributed by atoms with Gasteiger partial charge in [-0.25, -0.2) is 13.1 Å². The maximum atomic E-state index is 12.6. The second kappa shape index (κ2) is 6.26. The van der Waals surface area contributed by atoms with Crippen molar-refractivity contribution in [2.45, 2.75) is 10.9 Å². The first-order valence-corrected chi connectivity index (χ1v) is 9.91. The second-order valence-electron chi connectivity index (χ2n) is 5.97. The molecule has 0 radical (unpaired) electrons. The van der Waals surface area contributed by atoms with Crippen LogP contribution in [0.2, 0.25) is 5.02 Å². The molecule has 0 aliphatic carbocycles. The van der Waals surface area contributed by atoms with E-state index in [-0.39, 0.29) is 16.6 Å². The number of aromatic nitrogens is 2. The molecule has 1 atom stereocenters. The van der Waals surface area contributed by atoms with Crippen LogP contribution < -0.4 is 5.32 Å². The Balaban J connectivity index is 1.58. The highest BCUT2D eigenvalue weighted by Gasteiger charge is 2.35. The molecule has 1 unspecified atom stereocenters. The summed E-state index contributed by atoms with van der Waals surface area (Å²) in [7, 11) is -3.38. The molecule has 1 aromatic heterocycles. The number of rotatable bonds is 3. The lowest BCUT2D eigenvalue weighted by Crippen LogP contribution is -2.29. The van der Waals surface area contributed by atoms with Crippen molar-refractivity contribution in [2.75, 3.05) is 5.75 Å². The first kappa shape index (κ1) is 16.8. The number of hydrogen-bond acceptors (Lipinski definition) is 4. The lowest BCUT2D eigenvalue weighted by Gasteiger charge is -2.11. The molecule has 1 N–H and O–H groups in total. The minimum Gasteiger partial charge on any atom is -0.344 e. The predicted molar refractivity (Wildman–Crippen MR) is 97.3 cm³/mol. The van der Waals surface area contributed by atoms with Crippen LogP contribution in [0.25, 0.3) is 5.69 Å². The number of carbonyl (C=O) groups excluding carboxylic acids is 1. The van der Waals surface area contributed by atoms with Gasteiger partial charge < -0.3 is 5.32 Å². The van der Waals surface area contributed by atoms with E-state index in [1.165, 1.54) is 10.9 Å². The van der Waals surface area contributed by atoms with Crippen molar-refractivity contribution < 1.29 is 13.2 Å². The molecule has 1 aliphatic rings. The molecule has 26 heavy (non-hydrogen) atoms. The molecule has 0 saturated heterocycles. The molecular weight excluding hydrogens is 374 g/mol. The summed E-state index contributed by atoms with van der Waals surface area (Å²) in [6.45, 7) is 0. The minimum atomic E-state index is -3.38. The molecule has 3 aromatic rings. The second-order valence-corrected chi connectivity index (χ2v) is 8.38. The van der Waals surface area contributed by atoms with Gasteiger partial charge >= 0.3 is 0 Å². The summed E-state index contributed by atoms with van der Waals surface area (Å²) < 4.78 is 26.0. The average molecular weight is 388 g/mol. The van der Waals surface area contributed by atoms with Gasteiger partial charge in [0.1, 0.15) is 0 Å². The van der Waals surface area contributed by atoms with Crippen LogP contribution in [0.15, 0.2) is 65.8 Å². The maximum absolute atomic E-state index is 12.6. The Morgan fingerprint density at radius 1 is 1.15 bits per heavy atom. The Hall–Kier alpha value is -2.64. The van der Waals surface area contributed by atoms with Crippen molar-refractivity contribution in [3.8, 4) is 5.69 Å². The van der Waals surface area contributed by atoms with E-state index in [0.29, 0.717) is 21.8 Å². The van der Waals surface area contributed by atoms with Gasteiger partial charge in [0.25, 0.3) is 5.91 Å². The number of sulfone groups is 1. The molecule has 0 fully saturated rings. The number of nitrogens with one attached hydrogen (secondary N) is 1. The topological polar surface area (TPSA) is 81.1 Å². The SMILES string of the molecule is O=C(NC1CS(=O)(=O)c2ccccc21)c1cnn(-c2ccccc2Cl)c1. The fourth-order valence-corrected chi connectivity index (χ4v) is 4.98. The summed E-state index contributed by atoms with van der Waals surface area (Å²) in [5.41, 5.74) is 1.59. The third-order valence-corrected chi connectivity index (χ3v) is 6.40. The fraction of sp³-hybridized carbons (Fsp3) is 0.111. The van der Waals surface area contributed by atoms with E-state index in [1.807, 2.05) is 6.07 Å². The monoisotopic (exact) mass is 387 g/mol. The van der Waals surface area contributed by atoms with Crippen molar-refractivity contribution in [3.05, 3.63) is 77.1 Å². The number of carbonyl (C=O) groups is 1. The molecule has 2 heterocycles. The molecule has 0 bridgehead atoms. The zero-order valence-corrected chi connectivity index (χ0v) is 15.0. The van der Waals surface area contributed by atoms with E-state index in [4.69, 9.17) is 11.6 Å². The number of nitrogens with zero attached hydrogens (tertiary/aromatic N) is 2. The van der Waals surface area contributed by atoms with E-state index >= 15 is 0 Å². The molecule has 132 valence electrons. The predicted octanol–water partition coefficient (Wildman–Crippen LogP) is 2.78. The van der Waals surface area contributed by atoms with Crippen molar-refractivity contribution >= 4 is 27.3 Å². The number of hydrogen-bond donors (Lipinski definition) is 1. The van der Waals surface area contributed by atoms with Gasteiger partial charge in [-0.2, -0.15) is 5.10 Å². The first-order chi connectivity index (χ1) is 12.5. The molecule has 8 heteroatoms. The Labute approximate surface area is 155 Å². The number of para-hydroxylation sites is 1. The van der Waals surface area contributed by atoms with Gasteiger partial charge in [-0.3, -0.25) is 4.79 Å². The molecule has 1 aliphatic heterocycles. The molecular formula is C18H14ClN3O3S. The number of benzene rings is 2. The van der Waals surface area contributed by atoms with Crippen LogP contribution >= 0.6 is 11.6 Å². The lowest BCUT2D eigenvalue weighted by atomic mass is 10.1. The number of amides is 1. The third kappa shape index (κ3) is 2.89. The highest BCUT2D eigenvalue weighted by atomic mass is 35.5. The van der Waals surface area contributed by atoms with Gasteiger partial charge in [-0.1, -0.05) is 41.9 Å². The summed E-state index contributed by atoms with van der Waals surface area (Å²) in [5, 5.41) is 7.46. The third-order valence-electron chi connectivity index (χ3n) is 4.26. The first-order valence-electron chi connectivity index (χ1n) is 7.88. The maximum Gasteiger partial charge on any atom is 0.254 e. The summed E-state index contributed by atoms with van der Waals surface area (Å²) in [6, 6.07) is 13.3. The van der Waals surface area contributed by atoms with E-state index in [0.717, 1.165) is 0 Å². The Morgan fingerprint density at radius 2 is 1.88 bits per heavy atom. The molecule has 6 nitrogen and oxygen atoms in total. The van der Waals surface area contributed by atoms with Gasteiger partial charge in [0, 0.05) is 6.20 Å². The van der Waals surface area contributed by atoms with E-state index in [1.54, 1.807) is 48.7 Å². The van der Waals surface area contributed by atoms with E-state index in [2.05, 4.69) is 10.4 Å². The van der Waals surface area contributed by atoms with Gasteiger partial charge in [0.15, 0.2) is 9.84 Å². The smallest absolute Gasteiger partial charge is 0.254 e. The fourth-order valence-electron chi connectivity index (χ4n) is 3.02. The molecule has 0 spiro atoms. The molecule has 0 saturated carbocycles. The van der Waals surface area contributed by atoms with Crippen molar-refractivity contribution in [1.82, 2.24) is 15.1 Å². The van der Waals surface area contributed by atoms with Crippen LogP contribution in [0.1, 0.15) is 22.0 Å².